The molecule has 5 nitrogen and oxygen atoms in total. The number of ether oxygens (including phenoxy) is 3. The second-order valence-corrected chi connectivity index (χ2v) is 5.41. The first-order valence-corrected chi connectivity index (χ1v) is 7.82. The fourth-order valence-electron chi connectivity index (χ4n) is 2.05. The predicted molar refractivity (Wildman–Crippen MR) is 92.9 cm³/mol. The molecule has 0 bridgehead atoms. The van der Waals surface area contributed by atoms with Crippen LogP contribution >= 0.6 is 0 Å². The van der Waals surface area contributed by atoms with Gasteiger partial charge in [0, 0.05) is 6.07 Å². The number of methoxy groups -OCH3 is 1. The molecular weight excluding hydrogens is 306 g/mol. The molecule has 2 aromatic rings. The molecule has 24 heavy (non-hydrogen) atoms. The van der Waals surface area contributed by atoms with Gasteiger partial charge in [-0.3, -0.25) is 4.79 Å². The number of rotatable bonds is 8. The van der Waals surface area contributed by atoms with Crippen LogP contribution in [0.1, 0.15) is 11.1 Å². The van der Waals surface area contributed by atoms with Gasteiger partial charge in [0.25, 0.3) is 5.91 Å². The van der Waals surface area contributed by atoms with Crippen molar-refractivity contribution >= 4 is 5.91 Å². The molecule has 0 spiro atoms. The van der Waals surface area contributed by atoms with E-state index in [1.54, 1.807) is 13.2 Å². The molecule has 2 aromatic carbocycles. The summed E-state index contributed by atoms with van der Waals surface area (Å²) in [6.07, 6.45) is 0. The highest BCUT2D eigenvalue weighted by Gasteiger charge is 2.04. The van der Waals surface area contributed by atoms with Crippen molar-refractivity contribution in [1.82, 2.24) is 5.32 Å². The number of amides is 1. The van der Waals surface area contributed by atoms with Gasteiger partial charge < -0.3 is 19.5 Å². The van der Waals surface area contributed by atoms with E-state index in [4.69, 9.17) is 14.2 Å². The minimum absolute atomic E-state index is 0.0122. The standard InChI is InChI=1S/C19H23NO4/c1-14-7-8-18(11-15(14)2)24-13-19(21)20-9-10-23-17-6-4-5-16(12-17)22-3/h4-8,11-12H,9-10,13H2,1-3H3,(H,20,21). The van der Waals surface area contributed by atoms with E-state index in [-0.39, 0.29) is 12.5 Å². The Balaban J connectivity index is 1.66. The fraction of sp³-hybridized carbons (Fsp3) is 0.316. The Hall–Kier alpha value is -2.69. The van der Waals surface area contributed by atoms with Crippen molar-refractivity contribution in [1.29, 1.82) is 0 Å². The minimum atomic E-state index is -0.178. The van der Waals surface area contributed by atoms with Gasteiger partial charge in [0.1, 0.15) is 23.9 Å². The zero-order valence-electron chi connectivity index (χ0n) is 14.3. The molecule has 0 saturated heterocycles. The highest BCUT2D eigenvalue weighted by molar-refractivity contribution is 5.77. The summed E-state index contributed by atoms with van der Waals surface area (Å²) in [6.45, 7) is 4.82. The molecule has 0 aliphatic carbocycles. The van der Waals surface area contributed by atoms with E-state index < -0.39 is 0 Å². The molecule has 0 atom stereocenters. The van der Waals surface area contributed by atoms with Gasteiger partial charge in [-0.25, -0.2) is 0 Å². The van der Waals surface area contributed by atoms with E-state index in [0.717, 1.165) is 11.3 Å². The van der Waals surface area contributed by atoms with Crippen LogP contribution in [0.4, 0.5) is 0 Å². The van der Waals surface area contributed by atoms with E-state index in [9.17, 15) is 4.79 Å². The maximum atomic E-state index is 11.8. The number of nitrogens with one attached hydrogen (secondary N) is 1. The van der Waals surface area contributed by atoms with Gasteiger partial charge >= 0.3 is 0 Å². The van der Waals surface area contributed by atoms with Crippen LogP contribution in [0.3, 0.4) is 0 Å². The normalized spacial score (nSPS) is 10.1. The smallest absolute Gasteiger partial charge is 0.258 e. The summed E-state index contributed by atoms with van der Waals surface area (Å²) < 4.78 is 16.2. The second kappa shape index (κ2) is 8.82. The number of carbonyl (C=O) groups excluding carboxylic acids is 1. The van der Waals surface area contributed by atoms with Crippen LogP contribution in [-0.4, -0.2) is 32.8 Å². The van der Waals surface area contributed by atoms with Gasteiger partial charge in [-0.1, -0.05) is 12.1 Å². The maximum Gasteiger partial charge on any atom is 0.258 e. The first kappa shape index (κ1) is 17.7. The van der Waals surface area contributed by atoms with Crippen LogP contribution in [0.2, 0.25) is 0 Å². The van der Waals surface area contributed by atoms with Crippen LogP contribution in [0.25, 0.3) is 0 Å². The molecule has 1 amide bonds. The Labute approximate surface area is 142 Å². The Morgan fingerprint density at radius 3 is 2.46 bits per heavy atom. The predicted octanol–water partition coefficient (Wildman–Crippen LogP) is 2.89. The summed E-state index contributed by atoms with van der Waals surface area (Å²) in [5.41, 5.74) is 2.33. The molecule has 0 heterocycles. The largest absolute Gasteiger partial charge is 0.497 e. The van der Waals surface area contributed by atoms with Crippen LogP contribution in [0.15, 0.2) is 42.5 Å². The molecule has 2 rings (SSSR count). The van der Waals surface area contributed by atoms with Gasteiger partial charge in [-0.05, 0) is 49.2 Å². The lowest BCUT2D eigenvalue weighted by Crippen LogP contribution is -2.32. The maximum absolute atomic E-state index is 11.8. The molecule has 0 unspecified atom stereocenters. The quantitative estimate of drug-likeness (QED) is 0.757. The summed E-state index contributed by atoms with van der Waals surface area (Å²) in [7, 11) is 1.61. The number of aryl methyl sites for hydroxylation is 2. The fourth-order valence-corrected chi connectivity index (χ4v) is 2.05. The van der Waals surface area contributed by atoms with Crippen molar-refractivity contribution in [3.05, 3.63) is 53.6 Å². The summed E-state index contributed by atoms with van der Waals surface area (Å²) in [6, 6.07) is 13.1. The SMILES string of the molecule is COc1cccc(OCCNC(=O)COc2ccc(C)c(C)c2)c1. The Morgan fingerprint density at radius 1 is 0.958 bits per heavy atom. The highest BCUT2D eigenvalue weighted by Crippen LogP contribution is 2.18. The molecule has 0 saturated carbocycles. The topological polar surface area (TPSA) is 56.8 Å². The van der Waals surface area contributed by atoms with Crippen molar-refractivity contribution in [2.75, 3.05) is 26.9 Å². The van der Waals surface area contributed by atoms with E-state index in [2.05, 4.69) is 5.32 Å². The number of hydrogen-bond acceptors (Lipinski definition) is 4. The summed E-state index contributed by atoms with van der Waals surface area (Å²) >= 11 is 0. The summed E-state index contributed by atoms with van der Waals surface area (Å²) in [4.78, 5) is 11.8. The van der Waals surface area contributed by atoms with Crippen LogP contribution in [-0.2, 0) is 4.79 Å². The average molecular weight is 329 g/mol. The van der Waals surface area contributed by atoms with Crippen molar-refractivity contribution in [2.24, 2.45) is 0 Å². The molecule has 128 valence electrons. The third kappa shape index (κ3) is 5.50. The third-order valence-electron chi connectivity index (χ3n) is 3.58. The minimum Gasteiger partial charge on any atom is -0.497 e. The van der Waals surface area contributed by atoms with Crippen molar-refractivity contribution in [3.63, 3.8) is 0 Å². The Bertz CT molecular complexity index is 685. The molecule has 5 heteroatoms. The number of benzene rings is 2. The van der Waals surface area contributed by atoms with Gasteiger partial charge in [-0.15, -0.1) is 0 Å². The zero-order valence-corrected chi connectivity index (χ0v) is 14.3. The molecule has 0 aromatic heterocycles. The molecular formula is C19H23NO4. The third-order valence-corrected chi connectivity index (χ3v) is 3.58. The van der Waals surface area contributed by atoms with Crippen molar-refractivity contribution in [3.8, 4) is 17.2 Å². The van der Waals surface area contributed by atoms with Gasteiger partial charge in [0.2, 0.25) is 0 Å². The summed E-state index contributed by atoms with van der Waals surface area (Å²) in [5, 5.41) is 2.76. The lowest BCUT2D eigenvalue weighted by atomic mass is 10.1. The molecule has 0 aliphatic rings. The Morgan fingerprint density at radius 2 is 1.71 bits per heavy atom. The van der Waals surface area contributed by atoms with Gasteiger partial charge in [-0.2, -0.15) is 0 Å². The zero-order chi connectivity index (χ0) is 17.4. The first-order valence-electron chi connectivity index (χ1n) is 7.82. The van der Waals surface area contributed by atoms with E-state index in [0.29, 0.717) is 24.7 Å². The van der Waals surface area contributed by atoms with Crippen molar-refractivity contribution < 1.29 is 19.0 Å². The first-order chi connectivity index (χ1) is 11.6. The monoisotopic (exact) mass is 329 g/mol. The van der Waals surface area contributed by atoms with Gasteiger partial charge in [0.05, 0.1) is 13.7 Å². The molecule has 1 N–H and O–H groups in total. The van der Waals surface area contributed by atoms with E-state index in [1.165, 1.54) is 5.56 Å². The molecule has 0 fully saturated rings. The van der Waals surface area contributed by atoms with Crippen molar-refractivity contribution in [2.45, 2.75) is 13.8 Å². The highest BCUT2D eigenvalue weighted by atomic mass is 16.5. The van der Waals surface area contributed by atoms with Crippen LogP contribution in [0.5, 0.6) is 17.2 Å². The van der Waals surface area contributed by atoms with Gasteiger partial charge in [0.15, 0.2) is 6.61 Å². The molecule has 0 radical (unpaired) electrons. The average Bonchev–Trinajstić information content (AvgIpc) is 2.60. The lowest BCUT2D eigenvalue weighted by molar-refractivity contribution is -0.123. The molecule has 0 aliphatic heterocycles. The number of carbonyl (C=O) groups is 1. The van der Waals surface area contributed by atoms with E-state index >= 15 is 0 Å². The van der Waals surface area contributed by atoms with Crippen LogP contribution < -0.4 is 19.5 Å². The number of hydrogen-bond donors (Lipinski definition) is 1. The Kier molecular flexibility index (Phi) is 6.49. The van der Waals surface area contributed by atoms with E-state index in [1.807, 2.05) is 50.2 Å². The second-order valence-electron chi connectivity index (χ2n) is 5.41. The lowest BCUT2D eigenvalue weighted by Gasteiger charge is -2.10. The summed E-state index contributed by atoms with van der Waals surface area (Å²) in [5.74, 6) is 1.96. The van der Waals surface area contributed by atoms with Crippen LogP contribution in [0, 0.1) is 13.8 Å².